The Bertz CT molecular complexity index is 587. The van der Waals surface area contributed by atoms with Crippen molar-refractivity contribution < 1.29 is 4.79 Å². The van der Waals surface area contributed by atoms with Crippen molar-refractivity contribution in [3.05, 3.63) is 53.3 Å². The normalized spacial score (nSPS) is 13.2. The second-order valence-electron chi connectivity index (χ2n) is 4.14. The Morgan fingerprint density at radius 2 is 1.88 bits per heavy atom. The van der Waals surface area contributed by atoms with Gasteiger partial charge in [0.15, 0.2) is 5.78 Å². The molecule has 2 aromatic rings. The number of Topliss-reactive ketones (excluding diaryl/α,β-unsaturated/α-hetero) is 1. The van der Waals surface area contributed by atoms with Crippen LogP contribution in [-0.2, 0) is 6.42 Å². The van der Waals surface area contributed by atoms with E-state index in [9.17, 15) is 4.79 Å². The molecule has 0 radical (unpaired) electrons. The molecular formula is C14H11NO. The van der Waals surface area contributed by atoms with Crippen LogP contribution in [0.1, 0.15) is 21.5 Å². The second kappa shape index (κ2) is 3.27. The molecule has 3 rings (SSSR count). The lowest BCUT2D eigenvalue weighted by Crippen LogP contribution is -2.13. The minimum atomic E-state index is 0.190. The predicted molar refractivity (Wildman–Crippen MR) is 62.4 cm³/mol. The molecule has 0 saturated heterocycles. The SMILES string of the molecule is Cc1cncc2c1-c1ccccc1C(=O)C2. The highest BCUT2D eigenvalue weighted by Gasteiger charge is 2.23. The van der Waals surface area contributed by atoms with Crippen molar-refractivity contribution in [1.82, 2.24) is 4.98 Å². The molecule has 1 aromatic carbocycles. The minimum absolute atomic E-state index is 0.190. The van der Waals surface area contributed by atoms with E-state index in [1.165, 1.54) is 5.56 Å². The van der Waals surface area contributed by atoms with Crippen molar-refractivity contribution >= 4 is 5.78 Å². The van der Waals surface area contributed by atoms with E-state index in [1.807, 2.05) is 37.4 Å². The lowest BCUT2D eigenvalue weighted by atomic mass is 9.84. The van der Waals surface area contributed by atoms with Crippen molar-refractivity contribution in [1.29, 1.82) is 0 Å². The topological polar surface area (TPSA) is 30.0 Å². The molecule has 1 aliphatic rings. The van der Waals surface area contributed by atoms with Crippen LogP contribution in [-0.4, -0.2) is 10.8 Å². The molecule has 0 N–H and O–H groups in total. The van der Waals surface area contributed by atoms with E-state index in [2.05, 4.69) is 4.98 Å². The van der Waals surface area contributed by atoms with Crippen LogP contribution in [0.5, 0.6) is 0 Å². The Morgan fingerprint density at radius 1 is 1.12 bits per heavy atom. The first-order valence-electron chi connectivity index (χ1n) is 5.33. The van der Waals surface area contributed by atoms with Crippen LogP contribution in [0, 0.1) is 6.92 Å². The van der Waals surface area contributed by atoms with Gasteiger partial charge in [0, 0.05) is 24.4 Å². The molecule has 2 nitrogen and oxygen atoms in total. The number of benzene rings is 1. The molecule has 78 valence electrons. The van der Waals surface area contributed by atoms with Crippen LogP contribution in [0.25, 0.3) is 11.1 Å². The number of ketones is 1. The van der Waals surface area contributed by atoms with Gasteiger partial charge in [0.2, 0.25) is 0 Å². The summed E-state index contributed by atoms with van der Waals surface area (Å²) < 4.78 is 0. The molecule has 1 heterocycles. The molecule has 16 heavy (non-hydrogen) atoms. The quantitative estimate of drug-likeness (QED) is 0.667. The summed E-state index contributed by atoms with van der Waals surface area (Å²) in [5.74, 6) is 0.190. The Labute approximate surface area is 94.0 Å². The lowest BCUT2D eigenvalue weighted by molar-refractivity contribution is 0.0992. The largest absolute Gasteiger partial charge is 0.294 e. The number of carbonyl (C=O) groups excluding carboxylic acids is 1. The summed E-state index contributed by atoms with van der Waals surface area (Å²) in [4.78, 5) is 16.1. The van der Waals surface area contributed by atoms with E-state index in [1.54, 1.807) is 6.20 Å². The number of pyridine rings is 1. The van der Waals surface area contributed by atoms with Gasteiger partial charge in [0.25, 0.3) is 0 Å². The third-order valence-corrected chi connectivity index (χ3v) is 3.06. The third kappa shape index (κ3) is 1.20. The summed E-state index contributed by atoms with van der Waals surface area (Å²) in [7, 11) is 0. The van der Waals surface area contributed by atoms with Crippen LogP contribution < -0.4 is 0 Å². The number of aryl methyl sites for hydroxylation is 1. The molecule has 0 atom stereocenters. The molecule has 0 fully saturated rings. The predicted octanol–water partition coefficient (Wildman–Crippen LogP) is 2.80. The number of nitrogens with zero attached hydrogens (tertiary/aromatic N) is 1. The maximum absolute atomic E-state index is 11.9. The van der Waals surface area contributed by atoms with Crippen LogP contribution in [0.2, 0.25) is 0 Å². The monoisotopic (exact) mass is 209 g/mol. The summed E-state index contributed by atoms with van der Waals surface area (Å²) in [6, 6.07) is 7.80. The fraction of sp³-hybridized carbons (Fsp3) is 0.143. The Balaban J connectivity index is 2.38. The van der Waals surface area contributed by atoms with Crippen LogP contribution in [0.15, 0.2) is 36.7 Å². The van der Waals surface area contributed by atoms with Crippen LogP contribution in [0.3, 0.4) is 0 Å². The number of hydrogen-bond acceptors (Lipinski definition) is 2. The van der Waals surface area contributed by atoms with E-state index in [-0.39, 0.29) is 5.78 Å². The van der Waals surface area contributed by atoms with Crippen molar-refractivity contribution in [2.45, 2.75) is 13.3 Å². The Kier molecular flexibility index (Phi) is 1.90. The third-order valence-electron chi connectivity index (χ3n) is 3.06. The Hall–Kier alpha value is -1.96. The van der Waals surface area contributed by atoms with Gasteiger partial charge >= 0.3 is 0 Å². The van der Waals surface area contributed by atoms with Crippen molar-refractivity contribution in [2.75, 3.05) is 0 Å². The molecule has 0 unspecified atom stereocenters. The van der Waals surface area contributed by atoms with Crippen LogP contribution in [0.4, 0.5) is 0 Å². The number of aromatic nitrogens is 1. The fourth-order valence-electron chi connectivity index (χ4n) is 2.35. The van der Waals surface area contributed by atoms with Gasteiger partial charge in [-0.2, -0.15) is 0 Å². The molecule has 0 saturated carbocycles. The summed E-state index contributed by atoms with van der Waals surface area (Å²) in [6.45, 7) is 2.04. The van der Waals surface area contributed by atoms with Gasteiger partial charge in [-0.15, -0.1) is 0 Å². The van der Waals surface area contributed by atoms with Gasteiger partial charge in [0.05, 0.1) is 0 Å². The summed E-state index contributed by atoms with van der Waals surface area (Å²) in [6.07, 6.45) is 4.13. The number of carbonyl (C=O) groups is 1. The van der Waals surface area contributed by atoms with Crippen LogP contribution >= 0.6 is 0 Å². The summed E-state index contributed by atoms with van der Waals surface area (Å²) in [5.41, 5.74) is 5.25. The zero-order chi connectivity index (χ0) is 11.1. The first-order valence-corrected chi connectivity index (χ1v) is 5.33. The van der Waals surface area contributed by atoms with E-state index in [4.69, 9.17) is 0 Å². The van der Waals surface area contributed by atoms with E-state index in [0.717, 1.165) is 22.3 Å². The highest BCUT2D eigenvalue weighted by molar-refractivity contribution is 6.07. The van der Waals surface area contributed by atoms with Gasteiger partial charge in [-0.05, 0) is 29.2 Å². The number of hydrogen-bond donors (Lipinski definition) is 0. The van der Waals surface area contributed by atoms with E-state index in [0.29, 0.717) is 6.42 Å². The average molecular weight is 209 g/mol. The summed E-state index contributed by atoms with van der Waals surface area (Å²) in [5, 5.41) is 0. The number of rotatable bonds is 0. The zero-order valence-corrected chi connectivity index (χ0v) is 9.03. The standard InChI is InChI=1S/C14H11NO/c1-9-7-15-8-10-6-13(16)11-4-2-3-5-12(11)14(9)10/h2-5,7-8H,6H2,1H3. The first-order chi connectivity index (χ1) is 7.77. The van der Waals surface area contributed by atoms with Crippen molar-refractivity contribution in [3.8, 4) is 11.1 Å². The maximum Gasteiger partial charge on any atom is 0.167 e. The van der Waals surface area contributed by atoms with Gasteiger partial charge in [0.1, 0.15) is 0 Å². The Morgan fingerprint density at radius 3 is 2.69 bits per heavy atom. The van der Waals surface area contributed by atoms with E-state index >= 15 is 0 Å². The van der Waals surface area contributed by atoms with Crippen molar-refractivity contribution in [3.63, 3.8) is 0 Å². The smallest absolute Gasteiger partial charge is 0.167 e. The molecule has 2 heteroatoms. The van der Waals surface area contributed by atoms with Gasteiger partial charge in [-0.3, -0.25) is 9.78 Å². The average Bonchev–Trinajstić information content (AvgIpc) is 2.29. The highest BCUT2D eigenvalue weighted by atomic mass is 16.1. The van der Waals surface area contributed by atoms with E-state index < -0.39 is 0 Å². The second-order valence-corrected chi connectivity index (χ2v) is 4.14. The molecule has 0 spiro atoms. The molecule has 1 aromatic heterocycles. The summed E-state index contributed by atoms with van der Waals surface area (Å²) >= 11 is 0. The molecule has 0 aliphatic heterocycles. The zero-order valence-electron chi connectivity index (χ0n) is 9.03. The maximum atomic E-state index is 11.9. The molecule has 0 bridgehead atoms. The van der Waals surface area contributed by atoms with Gasteiger partial charge in [-0.1, -0.05) is 24.3 Å². The van der Waals surface area contributed by atoms with Gasteiger partial charge < -0.3 is 0 Å². The highest BCUT2D eigenvalue weighted by Crippen LogP contribution is 2.34. The molecule has 0 amide bonds. The van der Waals surface area contributed by atoms with Gasteiger partial charge in [-0.25, -0.2) is 0 Å². The molecule has 1 aliphatic carbocycles. The van der Waals surface area contributed by atoms with Crippen molar-refractivity contribution in [2.24, 2.45) is 0 Å². The minimum Gasteiger partial charge on any atom is -0.294 e. The number of fused-ring (bicyclic) bond motifs is 3. The fourth-order valence-corrected chi connectivity index (χ4v) is 2.35. The lowest BCUT2D eigenvalue weighted by Gasteiger charge is -2.19. The molecular weight excluding hydrogens is 198 g/mol. The first kappa shape index (κ1) is 9.28.